The Bertz CT molecular complexity index is 282. The number of aliphatic carboxylic acids is 2. The number of aliphatic hydroxyl groups excluding tert-OH is 2. The van der Waals surface area contributed by atoms with Gasteiger partial charge in [0.15, 0.2) is 0 Å². The number of hydrogen-bond donors (Lipinski definition) is 4. The molecule has 0 spiro atoms. The smallest absolute Gasteiger partial charge is 0.306 e. The first-order chi connectivity index (χ1) is 9.40. The molecule has 0 bridgehead atoms. The summed E-state index contributed by atoms with van der Waals surface area (Å²) in [5.74, 6) is -2.22. The van der Waals surface area contributed by atoms with Crippen molar-refractivity contribution in [3.63, 3.8) is 0 Å². The molecule has 116 valence electrons. The molecule has 0 amide bonds. The van der Waals surface area contributed by atoms with Crippen molar-refractivity contribution < 1.29 is 30.0 Å². The molecule has 0 aromatic heterocycles. The molecule has 20 heavy (non-hydrogen) atoms. The van der Waals surface area contributed by atoms with Crippen molar-refractivity contribution in [2.75, 3.05) is 0 Å². The second-order valence-corrected chi connectivity index (χ2v) is 5.69. The number of carbonyl (C=O) groups is 2. The van der Waals surface area contributed by atoms with Crippen molar-refractivity contribution in [1.29, 1.82) is 0 Å². The van der Waals surface area contributed by atoms with E-state index >= 15 is 0 Å². The highest BCUT2D eigenvalue weighted by molar-refractivity contribution is 5.72. The first-order valence-corrected chi connectivity index (χ1v) is 7.22. The van der Waals surface area contributed by atoms with E-state index in [0.29, 0.717) is 25.7 Å². The third kappa shape index (κ3) is 5.88. The fourth-order valence-electron chi connectivity index (χ4n) is 2.65. The summed E-state index contributed by atoms with van der Waals surface area (Å²) in [5.41, 5.74) is 0. The van der Waals surface area contributed by atoms with Crippen LogP contribution in [0.1, 0.15) is 51.4 Å². The minimum Gasteiger partial charge on any atom is -0.481 e. The number of aliphatic hydroxyl groups is 2. The Labute approximate surface area is 118 Å². The number of carboxylic acid groups (broad SMARTS) is 2. The average Bonchev–Trinajstić information content (AvgIpc) is 2.43. The van der Waals surface area contributed by atoms with Gasteiger partial charge < -0.3 is 20.4 Å². The van der Waals surface area contributed by atoms with Gasteiger partial charge in [-0.25, -0.2) is 0 Å². The highest BCUT2D eigenvalue weighted by Crippen LogP contribution is 2.28. The molecule has 0 aromatic rings. The summed E-state index contributed by atoms with van der Waals surface area (Å²) < 4.78 is 0. The molecule has 0 heterocycles. The fraction of sp³-hybridized carbons (Fsp3) is 0.857. The summed E-state index contributed by atoms with van der Waals surface area (Å²) in [6.45, 7) is 0. The van der Waals surface area contributed by atoms with Gasteiger partial charge in [0.05, 0.1) is 24.0 Å². The zero-order chi connectivity index (χ0) is 15.1. The zero-order valence-corrected chi connectivity index (χ0v) is 11.6. The molecule has 2 aliphatic carbocycles. The molecular formula is C14H24O6. The van der Waals surface area contributed by atoms with Crippen molar-refractivity contribution in [2.24, 2.45) is 11.8 Å². The van der Waals surface area contributed by atoms with Crippen LogP contribution in [0.3, 0.4) is 0 Å². The lowest BCUT2D eigenvalue weighted by atomic mass is 9.82. The highest BCUT2D eigenvalue weighted by atomic mass is 16.4. The van der Waals surface area contributed by atoms with Crippen LogP contribution in [-0.4, -0.2) is 44.6 Å². The van der Waals surface area contributed by atoms with Gasteiger partial charge in [-0.1, -0.05) is 0 Å². The van der Waals surface area contributed by atoms with Gasteiger partial charge in [0.1, 0.15) is 0 Å². The molecule has 0 aliphatic heterocycles. The lowest BCUT2D eigenvalue weighted by Gasteiger charge is -2.22. The number of carboxylic acids is 2. The van der Waals surface area contributed by atoms with Crippen LogP contribution in [0, 0.1) is 11.8 Å². The lowest BCUT2D eigenvalue weighted by Crippen LogP contribution is -2.25. The van der Waals surface area contributed by atoms with E-state index in [0.717, 1.165) is 25.7 Å². The average molecular weight is 288 g/mol. The van der Waals surface area contributed by atoms with Crippen LogP contribution in [0.2, 0.25) is 0 Å². The van der Waals surface area contributed by atoms with Gasteiger partial charge >= 0.3 is 11.9 Å². The second-order valence-electron chi connectivity index (χ2n) is 5.69. The standard InChI is InChI=1S/C8H12O4.C6H12O2/c9-7(10)5-1-2-6(4-3-5)8(11)12;7-5-1-2-6(8)4-3-5/h5-6H,1-4H2,(H,9,10)(H,11,12);5-8H,1-4H2. The number of rotatable bonds is 2. The Hall–Kier alpha value is -1.14. The van der Waals surface area contributed by atoms with Crippen LogP contribution in [-0.2, 0) is 9.59 Å². The van der Waals surface area contributed by atoms with Gasteiger partial charge in [0.2, 0.25) is 0 Å². The Morgan fingerprint density at radius 2 is 0.850 bits per heavy atom. The normalized spacial score (nSPS) is 33.7. The summed E-state index contributed by atoms with van der Waals surface area (Å²) in [4.78, 5) is 21.0. The maximum atomic E-state index is 10.5. The van der Waals surface area contributed by atoms with Gasteiger partial charge in [-0.05, 0) is 51.4 Å². The molecule has 0 aromatic carbocycles. The van der Waals surface area contributed by atoms with Gasteiger partial charge in [-0.3, -0.25) is 9.59 Å². The maximum Gasteiger partial charge on any atom is 0.306 e. The van der Waals surface area contributed by atoms with Crippen LogP contribution in [0.25, 0.3) is 0 Å². The van der Waals surface area contributed by atoms with Crippen molar-refractivity contribution in [3.05, 3.63) is 0 Å². The molecule has 2 fully saturated rings. The molecule has 2 aliphatic rings. The quantitative estimate of drug-likeness (QED) is 0.608. The summed E-state index contributed by atoms with van der Waals surface area (Å²) in [5, 5.41) is 35.1. The Morgan fingerprint density at radius 3 is 1.05 bits per heavy atom. The third-order valence-electron chi connectivity index (χ3n) is 4.09. The topological polar surface area (TPSA) is 115 Å². The van der Waals surface area contributed by atoms with E-state index in [1.807, 2.05) is 0 Å². The van der Waals surface area contributed by atoms with Crippen molar-refractivity contribution in [3.8, 4) is 0 Å². The second kappa shape index (κ2) is 8.21. The fourth-order valence-corrected chi connectivity index (χ4v) is 2.65. The maximum absolute atomic E-state index is 10.5. The molecule has 6 heteroatoms. The zero-order valence-electron chi connectivity index (χ0n) is 11.6. The molecule has 0 unspecified atom stereocenters. The minimum atomic E-state index is -0.793. The Kier molecular flexibility index (Phi) is 6.95. The van der Waals surface area contributed by atoms with E-state index < -0.39 is 11.9 Å². The predicted octanol–water partition coefficient (Wildman–Crippen LogP) is 1.24. The van der Waals surface area contributed by atoms with E-state index in [1.165, 1.54) is 0 Å². The van der Waals surface area contributed by atoms with Crippen LogP contribution >= 0.6 is 0 Å². The van der Waals surface area contributed by atoms with Crippen LogP contribution in [0.5, 0.6) is 0 Å². The Morgan fingerprint density at radius 1 is 0.600 bits per heavy atom. The van der Waals surface area contributed by atoms with Gasteiger partial charge in [-0.2, -0.15) is 0 Å². The molecule has 0 saturated heterocycles. The summed E-state index contributed by atoms with van der Waals surface area (Å²) >= 11 is 0. The first kappa shape index (κ1) is 16.9. The predicted molar refractivity (Wildman–Crippen MR) is 71.2 cm³/mol. The van der Waals surface area contributed by atoms with Crippen molar-refractivity contribution in [1.82, 2.24) is 0 Å². The van der Waals surface area contributed by atoms with E-state index in [1.54, 1.807) is 0 Å². The molecular weight excluding hydrogens is 264 g/mol. The van der Waals surface area contributed by atoms with Crippen LogP contribution in [0.4, 0.5) is 0 Å². The molecule has 6 nitrogen and oxygen atoms in total. The highest BCUT2D eigenvalue weighted by Gasteiger charge is 2.29. The Balaban J connectivity index is 0.000000217. The summed E-state index contributed by atoms with van der Waals surface area (Å²) in [6.07, 6.45) is 4.86. The molecule has 0 radical (unpaired) electrons. The monoisotopic (exact) mass is 288 g/mol. The van der Waals surface area contributed by atoms with Gasteiger partial charge in [0, 0.05) is 0 Å². The van der Waals surface area contributed by atoms with E-state index in [-0.39, 0.29) is 24.0 Å². The van der Waals surface area contributed by atoms with Gasteiger partial charge in [-0.15, -0.1) is 0 Å². The van der Waals surface area contributed by atoms with Crippen LogP contribution in [0.15, 0.2) is 0 Å². The number of hydrogen-bond acceptors (Lipinski definition) is 4. The van der Waals surface area contributed by atoms with Crippen LogP contribution < -0.4 is 0 Å². The molecule has 0 atom stereocenters. The summed E-state index contributed by atoms with van der Waals surface area (Å²) in [7, 11) is 0. The van der Waals surface area contributed by atoms with E-state index in [9.17, 15) is 9.59 Å². The lowest BCUT2D eigenvalue weighted by molar-refractivity contribution is -0.148. The van der Waals surface area contributed by atoms with E-state index in [4.69, 9.17) is 20.4 Å². The largest absolute Gasteiger partial charge is 0.481 e. The van der Waals surface area contributed by atoms with Gasteiger partial charge in [0.25, 0.3) is 0 Å². The molecule has 2 rings (SSSR count). The summed E-state index contributed by atoms with van der Waals surface area (Å²) in [6, 6.07) is 0. The molecule has 2 saturated carbocycles. The SMILES string of the molecule is O=C(O)C1CCC(C(=O)O)CC1.OC1CCC(O)CC1. The molecule has 4 N–H and O–H groups in total. The first-order valence-electron chi connectivity index (χ1n) is 7.22. The minimum absolute atomic E-state index is 0.140. The van der Waals surface area contributed by atoms with E-state index in [2.05, 4.69) is 0 Å². The third-order valence-corrected chi connectivity index (χ3v) is 4.09. The van der Waals surface area contributed by atoms with Crippen molar-refractivity contribution in [2.45, 2.75) is 63.6 Å². The van der Waals surface area contributed by atoms with Crippen molar-refractivity contribution >= 4 is 11.9 Å².